The van der Waals surface area contributed by atoms with Gasteiger partial charge in [-0.05, 0) is 39.2 Å². The predicted molar refractivity (Wildman–Crippen MR) is 132 cm³/mol. The normalized spacial score (nSPS) is 16.9. The van der Waals surface area contributed by atoms with E-state index in [1.807, 2.05) is 26.0 Å². The molecule has 0 amide bonds. The summed E-state index contributed by atoms with van der Waals surface area (Å²) in [6.45, 7) is 8.95. The van der Waals surface area contributed by atoms with Crippen molar-refractivity contribution < 1.29 is 5.11 Å². The van der Waals surface area contributed by atoms with Gasteiger partial charge in [0.2, 0.25) is 5.95 Å². The third-order valence-corrected chi connectivity index (χ3v) is 6.83. The maximum absolute atomic E-state index is 10.3. The van der Waals surface area contributed by atoms with Crippen molar-refractivity contribution in [1.82, 2.24) is 19.7 Å². The van der Waals surface area contributed by atoms with Crippen LogP contribution in [0.4, 0.5) is 17.3 Å². The third-order valence-electron chi connectivity index (χ3n) is 5.80. The minimum atomic E-state index is -0.668. The summed E-state index contributed by atoms with van der Waals surface area (Å²) in [5.41, 5.74) is 1.25. The van der Waals surface area contributed by atoms with Crippen molar-refractivity contribution in [3.63, 3.8) is 0 Å². The Morgan fingerprint density at radius 2 is 2.00 bits per heavy atom. The molecule has 1 unspecified atom stereocenters. The zero-order valence-electron chi connectivity index (χ0n) is 17.9. The molecule has 0 aliphatic carbocycles. The number of anilines is 3. The average Bonchev–Trinajstić information content (AvgIpc) is 3.10. The van der Waals surface area contributed by atoms with Gasteiger partial charge in [-0.15, -0.1) is 6.58 Å². The topological polar surface area (TPSA) is 79.1 Å². The first-order chi connectivity index (χ1) is 15.2. The van der Waals surface area contributed by atoms with Crippen LogP contribution in [-0.4, -0.2) is 43.5 Å². The SMILES string of the molecule is C=CCC(C)n1ncc(Nc2ncc3cc(Cl)c(N4CCC(C)(O)CC4)c(Cl)c3n2)c1Cl. The van der Waals surface area contributed by atoms with Crippen molar-refractivity contribution in [1.29, 1.82) is 0 Å². The molecular weight excluding hydrogens is 471 g/mol. The summed E-state index contributed by atoms with van der Waals surface area (Å²) in [7, 11) is 0. The molecule has 1 saturated heterocycles. The lowest BCUT2D eigenvalue weighted by atomic mass is 9.93. The van der Waals surface area contributed by atoms with Gasteiger partial charge in [0.25, 0.3) is 0 Å². The molecular formula is C22H25Cl3N6O. The molecule has 1 atom stereocenters. The highest BCUT2D eigenvalue weighted by atomic mass is 35.5. The first kappa shape index (κ1) is 23.1. The second-order valence-electron chi connectivity index (χ2n) is 8.43. The molecule has 4 rings (SSSR count). The van der Waals surface area contributed by atoms with Gasteiger partial charge in [-0.2, -0.15) is 5.10 Å². The Kier molecular flexibility index (Phi) is 6.54. The highest BCUT2D eigenvalue weighted by Gasteiger charge is 2.30. The zero-order chi connectivity index (χ0) is 23.0. The number of piperidine rings is 1. The lowest BCUT2D eigenvalue weighted by molar-refractivity contribution is 0.0351. The Morgan fingerprint density at radius 1 is 1.28 bits per heavy atom. The van der Waals surface area contributed by atoms with Gasteiger partial charge in [0.15, 0.2) is 5.15 Å². The van der Waals surface area contributed by atoms with Crippen LogP contribution in [0.2, 0.25) is 15.2 Å². The summed E-state index contributed by atoms with van der Waals surface area (Å²) in [5.74, 6) is 0.354. The number of rotatable bonds is 6. The number of halogens is 3. The zero-order valence-corrected chi connectivity index (χ0v) is 20.2. The van der Waals surface area contributed by atoms with E-state index in [1.54, 1.807) is 17.1 Å². The Hall–Kier alpha value is -2.06. The van der Waals surface area contributed by atoms with E-state index in [0.29, 0.717) is 58.3 Å². The maximum atomic E-state index is 10.3. The number of hydrogen-bond donors (Lipinski definition) is 2. The Morgan fingerprint density at radius 3 is 2.69 bits per heavy atom. The van der Waals surface area contributed by atoms with E-state index in [1.165, 1.54) is 0 Å². The third kappa shape index (κ3) is 4.53. The molecule has 0 bridgehead atoms. The van der Waals surface area contributed by atoms with Crippen LogP contribution < -0.4 is 10.2 Å². The van der Waals surface area contributed by atoms with Crippen LogP contribution in [0.5, 0.6) is 0 Å². The molecule has 0 saturated carbocycles. The fourth-order valence-corrected chi connectivity index (χ4v) is 4.92. The van der Waals surface area contributed by atoms with E-state index in [-0.39, 0.29) is 6.04 Å². The molecule has 2 aromatic heterocycles. The molecule has 32 heavy (non-hydrogen) atoms. The van der Waals surface area contributed by atoms with Gasteiger partial charge in [0, 0.05) is 24.7 Å². The molecule has 1 aliphatic rings. The van der Waals surface area contributed by atoms with Gasteiger partial charge in [-0.3, -0.25) is 0 Å². The number of fused-ring (bicyclic) bond motifs is 1. The Bertz CT molecular complexity index is 1150. The minimum absolute atomic E-state index is 0.0811. The standard InChI is InChI=1S/C22H25Cl3N6O/c1-4-5-13(2)31-20(25)16(12-27-31)28-21-26-11-14-10-15(23)19(17(24)18(14)29-21)30-8-6-22(3,32)7-9-30/h4,10-13,32H,1,5-9H2,2-3H3,(H,26,28,29). The van der Waals surface area contributed by atoms with Crippen LogP contribution in [0.3, 0.4) is 0 Å². The maximum Gasteiger partial charge on any atom is 0.227 e. The summed E-state index contributed by atoms with van der Waals surface area (Å²) in [5, 5.41) is 20.0. The molecule has 1 aliphatic heterocycles. The molecule has 170 valence electrons. The number of aromatic nitrogens is 4. The van der Waals surface area contributed by atoms with Gasteiger partial charge in [0.05, 0.1) is 44.8 Å². The number of nitrogens with one attached hydrogen (secondary N) is 1. The molecule has 1 aromatic carbocycles. The van der Waals surface area contributed by atoms with Crippen LogP contribution in [0.1, 0.15) is 39.2 Å². The fourth-order valence-electron chi connectivity index (χ4n) is 3.86. The van der Waals surface area contributed by atoms with Crippen molar-refractivity contribution in [2.45, 2.75) is 44.8 Å². The molecule has 3 aromatic rings. The quantitative estimate of drug-likeness (QED) is 0.407. The van der Waals surface area contributed by atoms with Gasteiger partial charge in [-0.25, -0.2) is 14.6 Å². The van der Waals surface area contributed by atoms with Gasteiger partial charge < -0.3 is 15.3 Å². The molecule has 0 radical (unpaired) electrons. The summed E-state index contributed by atoms with van der Waals surface area (Å²) in [6, 6.07) is 1.90. The molecule has 7 nitrogen and oxygen atoms in total. The Balaban J connectivity index is 1.65. The number of aliphatic hydroxyl groups is 1. The molecule has 2 N–H and O–H groups in total. The van der Waals surface area contributed by atoms with Crippen molar-refractivity contribution in [3.8, 4) is 0 Å². The largest absolute Gasteiger partial charge is 0.390 e. The van der Waals surface area contributed by atoms with Crippen molar-refractivity contribution in [2.75, 3.05) is 23.3 Å². The van der Waals surface area contributed by atoms with Crippen LogP contribution in [-0.2, 0) is 0 Å². The smallest absolute Gasteiger partial charge is 0.227 e. The van der Waals surface area contributed by atoms with Crippen molar-refractivity contribution in [3.05, 3.63) is 46.3 Å². The van der Waals surface area contributed by atoms with Crippen molar-refractivity contribution in [2.24, 2.45) is 0 Å². The minimum Gasteiger partial charge on any atom is -0.390 e. The summed E-state index contributed by atoms with van der Waals surface area (Å²) in [6.07, 6.45) is 7.17. The van der Waals surface area contributed by atoms with Gasteiger partial charge >= 0.3 is 0 Å². The molecule has 1 fully saturated rings. The van der Waals surface area contributed by atoms with Crippen LogP contribution in [0.25, 0.3) is 10.9 Å². The number of benzene rings is 1. The molecule has 3 heterocycles. The van der Waals surface area contributed by atoms with Gasteiger partial charge in [-0.1, -0.05) is 40.9 Å². The van der Waals surface area contributed by atoms with Crippen molar-refractivity contribution >= 4 is 63.0 Å². The van der Waals surface area contributed by atoms with E-state index in [9.17, 15) is 5.11 Å². The highest BCUT2D eigenvalue weighted by Crippen LogP contribution is 2.41. The van der Waals surface area contributed by atoms with Crippen LogP contribution in [0, 0.1) is 0 Å². The first-order valence-corrected chi connectivity index (χ1v) is 11.6. The average molecular weight is 496 g/mol. The summed E-state index contributed by atoms with van der Waals surface area (Å²) < 4.78 is 1.72. The second-order valence-corrected chi connectivity index (χ2v) is 9.57. The van der Waals surface area contributed by atoms with E-state index in [2.05, 4.69) is 31.9 Å². The lowest BCUT2D eigenvalue weighted by Crippen LogP contribution is -2.42. The number of allylic oxidation sites excluding steroid dienone is 1. The first-order valence-electron chi connectivity index (χ1n) is 10.4. The Labute approximate surface area is 202 Å². The van der Waals surface area contributed by atoms with Crippen LogP contribution >= 0.6 is 34.8 Å². The van der Waals surface area contributed by atoms with E-state index in [4.69, 9.17) is 34.8 Å². The van der Waals surface area contributed by atoms with Gasteiger partial charge in [0.1, 0.15) is 0 Å². The summed E-state index contributed by atoms with van der Waals surface area (Å²) >= 11 is 19.8. The van der Waals surface area contributed by atoms with E-state index < -0.39 is 5.60 Å². The highest BCUT2D eigenvalue weighted by molar-refractivity contribution is 6.42. The fraction of sp³-hybridized carbons (Fsp3) is 0.409. The molecule has 0 spiro atoms. The number of hydrogen-bond acceptors (Lipinski definition) is 6. The van der Waals surface area contributed by atoms with Crippen LogP contribution in [0.15, 0.2) is 31.1 Å². The monoisotopic (exact) mass is 494 g/mol. The predicted octanol–water partition coefficient (Wildman–Crippen LogP) is 6.02. The molecule has 10 heteroatoms. The van der Waals surface area contributed by atoms with E-state index >= 15 is 0 Å². The number of nitrogens with zero attached hydrogens (tertiary/aromatic N) is 5. The summed E-state index contributed by atoms with van der Waals surface area (Å²) in [4.78, 5) is 11.1. The van der Waals surface area contributed by atoms with E-state index in [0.717, 1.165) is 17.5 Å². The second kappa shape index (κ2) is 9.06. The lowest BCUT2D eigenvalue weighted by Gasteiger charge is -2.38.